The lowest BCUT2D eigenvalue weighted by Crippen LogP contribution is -2.23. The number of hydrogen-bond donors (Lipinski definition) is 1. The summed E-state index contributed by atoms with van der Waals surface area (Å²) < 4.78 is 45.6. The first-order chi connectivity index (χ1) is 14.1. The summed E-state index contributed by atoms with van der Waals surface area (Å²) in [5.74, 6) is 2.08. The SMILES string of the molecule is O=S(=O)(NCc1ccc(-c2nc3ccccc3s2)o1)c1ccc2c(c1)OCCO2. The van der Waals surface area contributed by atoms with Crippen molar-refractivity contribution in [2.24, 2.45) is 0 Å². The zero-order valence-electron chi connectivity index (χ0n) is 15.1. The molecule has 5 rings (SSSR count). The smallest absolute Gasteiger partial charge is 0.241 e. The number of fused-ring (bicyclic) bond motifs is 2. The molecule has 0 radical (unpaired) electrons. The van der Waals surface area contributed by atoms with Gasteiger partial charge in [-0.1, -0.05) is 12.1 Å². The Kier molecular flexibility index (Phi) is 4.50. The van der Waals surface area contributed by atoms with E-state index in [0.29, 0.717) is 36.2 Å². The van der Waals surface area contributed by atoms with E-state index in [2.05, 4.69) is 9.71 Å². The van der Waals surface area contributed by atoms with Gasteiger partial charge in [0.25, 0.3) is 0 Å². The molecule has 0 amide bonds. The average molecular weight is 428 g/mol. The molecule has 0 spiro atoms. The number of rotatable bonds is 5. The Morgan fingerprint density at radius 3 is 2.69 bits per heavy atom. The highest BCUT2D eigenvalue weighted by Crippen LogP contribution is 2.33. The lowest BCUT2D eigenvalue weighted by Gasteiger charge is -2.18. The predicted molar refractivity (Wildman–Crippen MR) is 109 cm³/mol. The molecule has 7 nitrogen and oxygen atoms in total. The van der Waals surface area contributed by atoms with Crippen LogP contribution in [0.3, 0.4) is 0 Å². The zero-order chi connectivity index (χ0) is 19.8. The molecule has 148 valence electrons. The summed E-state index contributed by atoms with van der Waals surface area (Å²) in [6, 6.07) is 15.9. The van der Waals surface area contributed by atoms with Crippen LogP contribution >= 0.6 is 11.3 Å². The number of para-hydroxylation sites is 1. The average Bonchev–Trinajstić information content (AvgIpc) is 3.38. The number of benzene rings is 2. The molecular formula is C20H16N2O5S2. The van der Waals surface area contributed by atoms with Crippen LogP contribution < -0.4 is 14.2 Å². The summed E-state index contributed by atoms with van der Waals surface area (Å²) in [5.41, 5.74) is 0.907. The zero-order valence-corrected chi connectivity index (χ0v) is 16.8. The van der Waals surface area contributed by atoms with Crippen molar-refractivity contribution in [1.29, 1.82) is 0 Å². The number of hydrogen-bond acceptors (Lipinski definition) is 7. The van der Waals surface area contributed by atoms with Gasteiger partial charge in [0.1, 0.15) is 19.0 Å². The van der Waals surface area contributed by atoms with Gasteiger partial charge in [-0.25, -0.2) is 18.1 Å². The monoisotopic (exact) mass is 428 g/mol. The molecule has 29 heavy (non-hydrogen) atoms. The Balaban J connectivity index is 1.32. The molecule has 0 unspecified atom stereocenters. The van der Waals surface area contributed by atoms with Crippen molar-refractivity contribution in [3.8, 4) is 22.3 Å². The summed E-state index contributed by atoms with van der Waals surface area (Å²) in [7, 11) is -3.73. The van der Waals surface area contributed by atoms with Crippen molar-refractivity contribution in [2.45, 2.75) is 11.4 Å². The van der Waals surface area contributed by atoms with Gasteiger partial charge in [-0.15, -0.1) is 11.3 Å². The lowest BCUT2D eigenvalue weighted by atomic mass is 10.3. The minimum Gasteiger partial charge on any atom is -0.486 e. The van der Waals surface area contributed by atoms with Crippen LogP contribution in [0.2, 0.25) is 0 Å². The van der Waals surface area contributed by atoms with Gasteiger partial charge in [-0.2, -0.15) is 0 Å². The van der Waals surface area contributed by atoms with Crippen LogP contribution in [0.5, 0.6) is 11.5 Å². The minimum atomic E-state index is -3.73. The molecule has 1 N–H and O–H groups in total. The summed E-state index contributed by atoms with van der Waals surface area (Å²) in [6.07, 6.45) is 0. The van der Waals surface area contributed by atoms with Gasteiger partial charge >= 0.3 is 0 Å². The second kappa shape index (κ2) is 7.18. The predicted octanol–water partition coefficient (Wildman–Crippen LogP) is 3.81. The molecule has 9 heteroatoms. The van der Waals surface area contributed by atoms with E-state index in [4.69, 9.17) is 13.9 Å². The van der Waals surface area contributed by atoms with Gasteiger partial charge < -0.3 is 13.9 Å². The first-order valence-corrected chi connectivity index (χ1v) is 11.2. The highest BCUT2D eigenvalue weighted by Gasteiger charge is 2.20. The number of thiazole rings is 1. The molecule has 0 bridgehead atoms. The van der Waals surface area contributed by atoms with Crippen molar-refractivity contribution < 1.29 is 22.3 Å². The Labute approximate surface area is 171 Å². The van der Waals surface area contributed by atoms with E-state index in [0.717, 1.165) is 15.2 Å². The fourth-order valence-corrected chi connectivity index (χ4v) is 4.94. The molecule has 0 saturated carbocycles. The number of ether oxygens (including phenoxy) is 2. The van der Waals surface area contributed by atoms with Gasteiger partial charge in [0.15, 0.2) is 22.3 Å². The Hall–Kier alpha value is -2.88. The summed E-state index contributed by atoms with van der Waals surface area (Å²) >= 11 is 1.53. The van der Waals surface area contributed by atoms with Crippen LogP contribution in [0.15, 0.2) is 63.9 Å². The molecule has 2 aromatic carbocycles. The first-order valence-electron chi connectivity index (χ1n) is 8.92. The normalized spacial score (nSPS) is 13.7. The second-order valence-corrected chi connectivity index (χ2v) is 9.18. The van der Waals surface area contributed by atoms with Crippen LogP contribution in [-0.2, 0) is 16.6 Å². The Morgan fingerprint density at radius 1 is 1.00 bits per heavy atom. The molecular weight excluding hydrogens is 412 g/mol. The van der Waals surface area contributed by atoms with E-state index >= 15 is 0 Å². The molecule has 0 aliphatic carbocycles. The Morgan fingerprint density at radius 2 is 1.83 bits per heavy atom. The van der Waals surface area contributed by atoms with Crippen molar-refractivity contribution in [2.75, 3.05) is 13.2 Å². The Bertz CT molecular complexity index is 1260. The molecule has 2 aromatic heterocycles. The highest BCUT2D eigenvalue weighted by atomic mass is 32.2. The van der Waals surface area contributed by atoms with E-state index in [1.54, 1.807) is 18.2 Å². The van der Waals surface area contributed by atoms with Gasteiger partial charge in [0, 0.05) is 6.07 Å². The van der Waals surface area contributed by atoms with Crippen molar-refractivity contribution >= 4 is 31.6 Å². The number of aromatic nitrogens is 1. The quantitative estimate of drug-likeness (QED) is 0.520. The largest absolute Gasteiger partial charge is 0.486 e. The van der Waals surface area contributed by atoms with Crippen LogP contribution in [0.25, 0.3) is 21.0 Å². The number of nitrogens with zero attached hydrogens (tertiary/aromatic N) is 1. The van der Waals surface area contributed by atoms with E-state index in [9.17, 15) is 8.42 Å². The molecule has 0 saturated heterocycles. The van der Waals surface area contributed by atoms with E-state index in [-0.39, 0.29) is 11.4 Å². The van der Waals surface area contributed by atoms with Gasteiger partial charge in [-0.3, -0.25) is 0 Å². The third kappa shape index (κ3) is 3.59. The molecule has 1 aliphatic heterocycles. The van der Waals surface area contributed by atoms with Gasteiger partial charge in [0.05, 0.1) is 21.7 Å². The van der Waals surface area contributed by atoms with Gasteiger partial charge in [-0.05, 0) is 36.4 Å². The second-order valence-electron chi connectivity index (χ2n) is 6.38. The standard InChI is InChI=1S/C20H16N2O5S2/c23-29(24,14-6-8-16-18(11-14)26-10-9-25-16)21-12-13-5-7-17(27-13)20-22-15-3-1-2-4-19(15)28-20/h1-8,11,21H,9-10,12H2. The molecule has 0 fully saturated rings. The van der Waals surface area contributed by atoms with Crippen LogP contribution in [0.4, 0.5) is 0 Å². The number of sulfonamides is 1. The maximum Gasteiger partial charge on any atom is 0.241 e. The number of nitrogens with one attached hydrogen (secondary N) is 1. The van der Waals surface area contributed by atoms with E-state index in [1.807, 2.05) is 24.3 Å². The summed E-state index contributed by atoms with van der Waals surface area (Å²) in [5, 5.41) is 0.757. The van der Waals surface area contributed by atoms with E-state index in [1.165, 1.54) is 23.5 Å². The fraction of sp³-hybridized carbons (Fsp3) is 0.150. The molecule has 0 atom stereocenters. The van der Waals surface area contributed by atoms with Gasteiger partial charge in [0.2, 0.25) is 10.0 Å². The lowest BCUT2D eigenvalue weighted by molar-refractivity contribution is 0.171. The highest BCUT2D eigenvalue weighted by molar-refractivity contribution is 7.89. The summed E-state index contributed by atoms with van der Waals surface area (Å²) in [4.78, 5) is 4.66. The molecule has 1 aliphatic rings. The molecule has 4 aromatic rings. The maximum absolute atomic E-state index is 12.6. The summed E-state index contributed by atoms with van der Waals surface area (Å²) in [6.45, 7) is 0.874. The third-order valence-corrected chi connectivity index (χ3v) is 6.88. The first kappa shape index (κ1) is 18.2. The van der Waals surface area contributed by atoms with Crippen molar-refractivity contribution in [3.05, 3.63) is 60.4 Å². The molecule has 3 heterocycles. The maximum atomic E-state index is 12.6. The number of furan rings is 1. The van der Waals surface area contributed by atoms with Crippen LogP contribution in [0, 0.1) is 0 Å². The van der Waals surface area contributed by atoms with Crippen molar-refractivity contribution in [1.82, 2.24) is 9.71 Å². The topological polar surface area (TPSA) is 90.7 Å². The third-order valence-electron chi connectivity index (χ3n) is 4.43. The van der Waals surface area contributed by atoms with Crippen LogP contribution in [0.1, 0.15) is 5.76 Å². The fourth-order valence-electron chi connectivity index (χ4n) is 3.01. The van der Waals surface area contributed by atoms with E-state index < -0.39 is 10.0 Å². The van der Waals surface area contributed by atoms with Crippen LogP contribution in [-0.4, -0.2) is 26.6 Å². The minimum absolute atomic E-state index is 0.0294. The van der Waals surface area contributed by atoms with Crippen molar-refractivity contribution in [3.63, 3.8) is 0 Å².